The molecule has 1 aromatic heterocycles. The molecule has 0 aliphatic carbocycles. The van der Waals surface area contributed by atoms with Crippen LogP contribution >= 0.6 is 19.5 Å². The van der Waals surface area contributed by atoms with Crippen molar-refractivity contribution in [3.05, 3.63) is 35.1 Å². The van der Waals surface area contributed by atoms with E-state index >= 15 is 0 Å². The fourth-order valence-electron chi connectivity index (χ4n) is 3.82. The van der Waals surface area contributed by atoms with Crippen molar-refractivity contribution in [2.45, 2.75) is 92.6 Å². The molecule has 1 fully saturated rings. The number of terminal acetylenes is 1. The summed E-state index contributed by atoms with van der Waals surface area (Å²) in [5.41, 5.74) is 2.75. The van der Waals surface area contributed by atoms with Gasteiger partial charge in [-0.3, -0.25) is 0 Å². The van der Waals surface area contributed by atoms with Crippen LogP contribution in [0.4, 0.5) is 9.93 Å². The fraction of sp³-hybridized carbons (Fsp3) is 0.643. The van der Waals surface area contributed by atoms with E-state index in [2.05, 4.69) is 69.0 Å². The van der Waals surface area contributed by atoms with Crippen LogP contribution in [0, 0.1) is 18.3 Å². The summed E-state index contributed by atoms with van der Waals surface area (Å²) in [7, 11) is -0.771. The van der Waals surface area contributed by atoms with Gasteiger partial charge in [-0.15, -0.1) is 24.2 Å². The zero-order chi connectivity index (χ0) is 27.6. The lowest BCUT2D eigenvalue weighted by atomic mass is 9.72. The van der Waals surface area contributed by atoms with E-state index in [0.717, 1.165) is 43.9 Å². The van der Waals surface area contributed by atoms with Crippen LogP contribution in [-0.2, 0) is 9.36 Å². The number of piperidine rings is 1. The monoisotopic (exact) mass is 537 g/mol. The third-order valence-electron chi connectivity index (χ3n) is 5.46. The van der Waals surface area contributed by atoms with E-state index in [1.165, 1.54) is 29.5 Å². The fourth-order valence-corrected chi connectivity index (χ4v) is 5.35. The van der Waals surface area contributed by atoms with Gasteiger partial charge in [-0.05, 0) is 65.5 Å². The van der Waals surface area contributed by atoms with Gasteiger partial charge in [-0.25, -0.2) is 19.9 Å². The minimum Gasteiger partial charge on any atom is -0.444 e. The summed E-state index contributed by atoms with van der Waals surface area (Å²) in [5.74, 6) is 0. The maximum absolute atomic E-state index is 12.4. The van der Waals surface area contributed by atoms with Gasteiger partial charge in [0, 0.05) is 30.0 Å². The van der Waals surface area contributed by atoms with Gasteiger partial charge in [0.15, 0.2) is 0 Å². The van der Waals surface area contributed by atoms with E-state index < -0.39 is 13.7 Å². The van der Waals surface area contributed by atoms with Crippen molar-refractivity contribution in [3.63, 3.8) is 0 Å². The highest BCUT2D eigenvalue weighted by Gasteiger charge is 2.35. The summed E-state index contributed by atoms with van der Waals surface area (Å²) >= 11 is 1.52. The number of ether oxygens (including phenoxy) is 1. The number of amides is 1. The van der Waals surface area contributed by atoms with E-state index in [1.54, 1.807) is 6.20 Å². The highest BCUT2D eigenvalue weighted by atomic mass is 32.1. The molecule has 6 nitrogen and oxygen atoms in total. The molecule has 0 radical (unpaired) electrons. The smallest absolute Gasteiger partial charge is 0.410 e. The van der Waals surface area contributed by atoms with Gasteiger partial charge in [0.1, 0.15) is 5.60 Å². The van der Waals surface area contributed by atoms with Crippen molar-refractivity contribution in [1.29, 1.82) is 0 Å². The van der Waals surface area contributed by atoms with Crippen LogP contribution in [0.5, 0.6) is 0 Å². The zero-order valence-corrected chi connectivity index (χ0v) is 25.4. The Morgan fingerprint density at radius 3 is 2.36 bits per heavy atom. The Balaban J connectivity index is 0.00000227. The van der Waals surface area contributed by atoms with Crippen molar-refractivity contribution in [3.8, 4) is 12.8 Å². The van der Waals surface area contributed by atoms with Crippen LogP contribution in [0.15, 0.2) is 35.1 Å². The lowest BCUT2D eigenvalue weighted by Crippen LogP contribution is -2.45. The molecule has 2 rings (SSSR count). The molecule has 2 heterocycles. The Morgan fingerprint density at radius 2 is 1.89 bits per heavy atom. The van der Waals surface area contributed by atoms with Crippen molar-refractivity contribution in [2.24, 2.45) is 5.41 Å². The molecular formula is C28H48N3O3PS. The van der Waals surface area contributed by atoms with Gasteiger partial charge >= 0.3 is 6.09 Å². The van der Waals surface area contributed by atoms with Crippen LogP contribution in [0.3, 0.4) is 0 Å². The predicted octanol–water partition coefficient (Wildman–Crippen LogP) is 8.85. The van der Waals surface area contributed by atoms with E-state index in [9.17, 15) is 4.79 Å². The minimum absolute atomic E-state index is 0.189. The first-order valence-electron chi connectivity index (χ1n) is 12.8. The molecule has 1 N–H and O–H groups in total. The third kappa shape index (κ3) is 13.4. The Hall–Kier alpha value is -1.87. The average Bonchev–Trinajstić information content (AvgIpc) is 3.35. The molecule has 0 spiro atoms. The first-order chi connectivity index (χ1) is 17.1. The van der Waals surface area contributed by atoms with Crippen molar-refractivity contribution < 1.29 is 14.2 Å². The number of anilines is 1. The third-order valence-corrected chi connectivity index (χ3v) is 7.63. The molecule has 0 aromatic carbocycles. The lowest BCUT2D eigenvalue weighted by molar-refractivity contribution is 0.00910. The van der Waals surface area contributed by atoms with E-state index in [4.69, 9.17) is 9.36 Å². The second kappa shape index (κ2) is 18.4. The van der Waals surface area contributed by atoms with Crippen LogP contribution in [0.1, 0.15) is 87.0 Å². The van der Waals surface area contributed by atoms with Crippen LogP contribution < -0.4 is 5.48 Å². The quantitative estimate of drug-likeness (QED) is 0.147. The predicted molar refractivity (Wildman–Crippen MR) is 157 cm³/mol. The molecule has 1 atom stereocenters. The maximum atomic E-state index is 12.4. The number of rotatable bonds is 9. The van der Waals surface area contributed by atoms with Crippen molar-refractivity contribution >= 4 is 30.7 Å². The summed E-state index contributed by atoms with van der Waals surface area (Å²) in [5, 5.41) is 3.88. The average molecular weight is 538 g/mol. The van der Waals surface area contributed by atoms with Gasteiger partial charge in [0.25, 0.3) is 0 Å². The summed E-state index contributed by atoms with van der Waals surface area (Å²) in [4.78, 5) is 18.5. The van der Waals surface area contributed by atoms with E-state index in [-0.39, 0.29) is 11.5 Å². The van der Waals surface area contributed by atoms with Crippen LogP contribution in [-0.4, -0.2) is 41.3 Å². The number of allylic oxidation sites excluding steroid dienone is 4. The first-order valence-corrected chi connectivity index (χ1v) is 15.4. The molecule has 0 bridgehead atoms. The number of nitrogens with zero attached hydrogens (tertiary/aromatic N) is 2. The molecule has 1 aliphatic rings. The van der Waals surface area contributed by atoms with Crippen LogP contribution in [0.2, 0.25) is 0 Å². The molecular weight excluding hydrogens is 489 g/mol. The second-order valence-electron chi connectivity index (χ2n) is 9.77. The second-order valence-corrected chi connectivity index (χ2v) is 12.4. The summed E-state index contributed by atoms with van der Waals surface area (Å²) in [6.07, 6.45) is 22.8. The number of likely N-dealkylation sites (tertiary alicyclic amines) is 1. The normalized spacial score (nSPS) is 16.3. The minimum atomic E-state index is -0.771. The number of nitrogens with one attached hydrogen (secondary N) is 1. The number of hydrogen-bond acceptors (Lipinski definition) is 6. The lowest BCUT2D eigenvalue weighted by Gasteiger charge is -2.41. The van der Waals surface area contributed by atoms with Crippen molar-refractivity contribution in [1.82, 2.24) is 9.88 Å². The number of hydrogen-bond donors (Lipinski definition) is 1. The number of aromatic nitrogens is 1. The number of carbonyl (C=O) groups is 1. The van der Waals surface area contributed by atoms with E-state index in [1.807, 2.05) is 38.0 Å². The Bertz CT molecular complexity index is 793. The Morgan fingerprint density at radius 1 is 1.28 bits per heavy atom. The summed E-state index contributed by atoms with van der Waals surface area (Å²) in [6.45, 7) is 17.9. The summed E-state index contributed by atoms with van der Waals surface area (Å²) < 4.78 is 11.4. The maximum Gasteiger partial charge on any atom is 0.410 e. The molecule has 1 saturated heterocycles. The Kier molecular flexibility index (Phi) is 17.4. The van der Waals surface area contributed by atoms with Gasteiger partial charge in [0.05, 0.1) is 8.15 Å². The number of carbonyl (C=O) groups excluding carboxylic acids is 1. The molecule has 1 aromatic rings. The van der Waals surface area contributed by atoms with Crippen molar-refractivity contribution in [2.75, 3.05) is 25.2 Å². The van der Waals surface area contributed by atoms with E-state index in [0.29, 0.717) is 0 Å². The van der Waals surface area contributed by atoms with Gasteiger partial charge in [-0.1, -0.05) is 51.8 Å². The van der Waals surface area contributed by atoms with Gasteiger partial charge < -0.3 is 9.64 Å². The molecule has 1 unspecified atom stereocenters. The molecule has 204 valence electrons. The first kappa shape index (κ1) is 34.1. The van der Waals surface area contributed by atoms with Crippen LogP contribution in [0.25, 0.3) is 0 Å². The Labute approximate surface area is 225 Å². The molecule has 0 saturated carbocycles. The standard InChI is InChI=1S/C23H38N3O3PS.C3H8.C2H2/c1-7-11-23(13-16-26(17-14-23)21(27)28-22(3,4)5)12-9-10-19(8-2)30(6)29-25-20-24-15-18-31-20;1-3-2;1-2/h8-10,15,18H,7,11-14,16-17H2,1-6H3,(H,24,25);3H2,1-2H3;1-2H/b10-9-,19-8+;;. The molecule has 1 amide bonds. The SMILES string of the molecule is C#C.C/C=C(\C=C/CC1(CCC)CCN(C(=O)OC(C)(C)C)CC1)P(C)ONc1nccs1.CCC. The van der Waals surface area contributed by atoms with Gasteiger partial charge in [-0.2, -0.15) is 0 Å². The summed E-state index contributed by atoms with van der Waals surface area (Å²) in [6, 6.07) is 0. The molecule has 1 aliphatic heterocycles. The number of thiazole rings is 1. The largest absolute Gasteiger partial charge is 0.444 e. The highest BCUT2D eigenvalue weighted by Crippen LogP contribution is 2.44. The molecule has 8 heteroatoms. The highest BCUT2D eigenvalue weighted by molar-refractivity contribution is 7.56. The molecule has 36 heavy (non-hydrogen) atoms. The van der Waals surface area contributed by atoms with Gasteiger partial charge in [0.2, 0.25) is 5.13 Å². The topological polar surface area (TPSA) is 63.7 Å². The zero-order valence-electron chi connectivity index (χ0n) is 23.7.